The first-order valence-electron chi connectivity index (χ1n) is 17.7. The number of rotatable bonds is 12. The Hall–Kier alpha value is -5.49. The van der Waals surface area contributed by atoms with Crippen LogP contribution in [0.4, 0.5) is 24.5 Å². The summed E-state index contributed by atoms with van der Waals surface area (Å²) in [5, 5.41) is 0. The van der Waals surface area contributed by atoms with E-state index in [4.69, 9.17) is 4.74 Å². The number of alkyl halides is 3. The van der Waals surface area contributed by atoms with Crippen molar-refractivity contribution in [1.82, 2.24) is 14.8 Å². The van der Waals surface area contributed by atoms with E-state index in [1.807, 2.05) is 78.9 Å². The van der Waals surface area contributed by atoms with E-state index in [0.29, 0.717) is 31.7 Å². The van der Waals surface area contributed by atoms with Gasteiger partial charge in [0, 0.05) is 76.3 Å². The molecule has 0 radical (unpaired) electrons. The number of pyridine rings is 1. The van der Waals surface area contributed by atoms with Crippen LogP contribution in [0.1, 0.15) is 40.8 Å². The summed E-state index contributed by atoms with van der Waals surface area (Å²) in [5.74, 6) is -0.669. The smallest absolute Gasteiger partial charge is 0.378 e. The topological polar surface area (TPSA) is 86.3 Å². The van der Waals surface area contributed by atoms with Gasteiger partial charge in [0.15, 0.2) is 0 Å². The Balaban J connectivity index is 1.28. The minimum atomic E-state index is -4.59. The lowest BCUT2D eigenvalue weighted by atomic mass is 10.0. The highest BCUT2D eigenvalue weighted by atomic mass is 19.4. The molecule has 0 bridgehead atoms. The minimum absolute atomic E-state index is 0.0953. The molecule has 2 fully saturated rings. The molecule has 6 rings (SSSR count). The van der Waals surface area contributed by atoms with Gasteiger partial charge in [-0.05, 0) is 65.1 Å². The first-order valence-corrected chi connectivity index (χ1v) is 17.7. The summed E-state index contributed by atoms with van der Waals surface area (Å²) in [4.78, 5) is 51.5. The Bertz CT molecular complexity index is 1880. The Morgan fingerprint density at radius 1 is 0.849 bits per heavy atom. The number of aromatic nitrogens is 1. The predicted molar refractivity (Wildman–Crippen MR) is 197 cm³/mol. The van der Waals surface area contributed by atoms with Crippen molar-refractivity contribution in [3.8, 4) is 0 Å². The number of halogens is 3. The molecule has 2 aliphatic rings. The molecule has 0 aliphatic carbocycles. The molecule has 0 unspecified atom stereocenters. The normalized spacial score (nSPS) is 15.5. The molecule has 2 aliphatic heterocycles. The van der Waals surface area contributed by atoms with Crippen LogP contribution in [-0.2, 0) is 44.8 Å². The second-order valence-electron chi connectivity index (χ2n) is 13.3. The van der Waals surface area contributed by atoms with Crippen molar-refractivity contribution in [2.45, 2.75) is 44.6 Å². The van der Waals surface area contributed by atoms with E-state index in [0.717, 1.165) is 59.8 Å². The van der Waals surface area contributed by atoms with Crippen molar-refractivity contribution < 1.29 is 32.3 Å². The fourth-order valence-corrected chi connectivity index (χ4v) is 6.58. The molecule has 3 heterocycles. The zero-order chi connectivity index (χ0) is 37.4. The number of morpholine rings is 1. The molecule has 2 saturated heterocycles. The van der Waals surface area contributed by atoms with Crippen LogP contribution in [0.25, 0.3) is 6.08 Å². The molecule has 12 heteroatoms. The van der Waals surface area contributed by atoms with Crippen LogP contribution >= 0.6 is 0 Å². The third-order valence-corrected chi connectivity index (χ3v) is 9.49. The summed E-state index contributed by atoms with van der Waals surface area (Å²) in [6, 6.07) is 26.1. The fraction of sp³-hybridized carbons (Fsp3) is 0.317. The highest BCUT2D eigenvalue weighted by Gasteiger charge is 2.33. The van der Waals surface area contributed by atoms with Gasteiger partial charge < -0.3 is 24.3 Å². The zero-order valence-electron chi connectivity index (χ0n) is 29.5. The van der Waals surface area contributed by atoms with E-state index < -0.39 is 23.8 Å². The number of ether oxygens (including phenoxy) is 1. The van der Waals surface area contributed by atoms with Crippen molar-refractivity contribution in [3.05, 3.63) is 131 Å². The lowest BCUT2D eigenvalue weighted by Gasteiger charge is -2.34. The number of anilines is 2. The van der Waals surface area contributed by atoms with E-state index in [1.165, 1.54) is 23.1 Å². The molecule has 4 aromatic rings. The molecule has 3 aromatic carbocycles. The van der Waals surface area contributed by atoms with Crippen LogP contribution in [0.15, 0.2) is 103 Å². The molecule has 1 atom stereocenters. The third-order valence-electron chi connectivity index (χ3n) is 9.49. The van der Waals surface area contributed by atoms with Gasteiger partial charge in [0.05, 0.1) is 13.2 Å². The minimum Gasteiger partial charge on any atom is -0.378 e. The highest BCUT2D eigenvalue weighted by Crippen LogP contribution is 2.28. The quantitative estimate of drug-likeness (QED) is 0.158. The maximum absolute atomic E-state index is 14.5. The van der Waals surface area contributed by atoms with Crippen molar-refractivity contribution in [3.63, 3.8) is 0 Å². The van der Waals surface area contributed by atoms with Crippen LogP contribution in [0.5, 0.6) is 0 Å². The molecule has 53 heavy (non-hydrogen) atoms. The van der Waals surface area contributed by atoms with E-state index in [2.05, 4.69) is 9.88 Å². The first-order chi connectivity index (χ1) is 25.5. The molecule has 3 amide bonds. The van der Waals surface area contributed by atoms with Crippen molar-refractivity contribution in [2.75, 3.05) is 49.7 Å². The van der Waals surface area contributed by atoms with Gasteiger partial charge in [-0.1, -0.05) is 60.7 Å². The van der Waals surface area contributed by atoms with Crippen LogP contribution in [-0.4, -0.2) is 78.4 Å². The number of hydrogen-bond acceptors (Lipinski definition) is 6. The number of nitrogens with zero attached hydrogens (tertiary/aromatic N) is 5. The fourth-order valence-electron chi connectivity index (χ4n) is 6.58. The van der Waals surface area contributed by atoms with Crippen LogP contribution in [0, 0.1) is 0 Å². The number of hydrogen-bond donors (Lipinski definition) is 0. The second kappa shape index (κ2) is 16.9. The van der Waals surface area contributed by atoms with Crippen molar-refractivity contribution in [2.24, 2.45) is 0 Å². The lowest BCUT2D eigenvalue weighted by molar-refractivity contribution is -0.143. The van der Waals surface area contributed by atoms with Gasteiger partial charge in [-0.3, -0.25) is 19.4 Å². The zero-order valence-corrected chi connectivity index (χ0v) is 29.5. The lowest BCUT2D eigenvalue weighted by Crippen LogP contribution is -2.50. The third kappa shape index (κ3) is 9.69. The van der Waals surface area contributed by atoms with Crippen LogP contribution in [0.2, 0.25) is 0 Å². The van der Waals surface area contributed by atoms with Gasteiger partial charge in [-0.25, -0.2) is 0 Å². The molecule has 0 saturated carbocycles. The number of likely N-dealkylation sites (N-methyl/N-ethyl adjacent to an activating group) is 1. The van der Waals surface area contributed by atoms with Crippen molar-refractivity contribution in [1.29, 1.82) is 0 Å². The number of amides is 3. The summed E-state index contributed by atoms with van der Waals surface area (Å²) in [7, 11) is 1.70. The Labute approximate surface area is 307 Å². The molecule has 0 N–H and O–H groups in total. The van der Waals surface area contributed by atoms with Gasteiger partial charge in [0.2, 0.25) is 17.7 Å². The summed E-state index contributed by atoms with van der Waals surface area (Å²) < 4.78 is 44.8. The van der Waals surface area contributed by atoms with E-state index >= 15 is 0 Å². The van der Waals surface area contributed by atoms with Gasteiger partial charge in [-0.15, -0.1) is 0 Å². The first kappa shape index (κ1) is 37.3. The summed E-state index contributed by atoms with van der Waals surface area (Å²) in [6.07, 6.45) is 0.744. The Kier molecular flexibility index (Phi) is 11.9. The van der Waals surface area contributed by atoms with E-state index in [-0.39, 0.29) is 31.3 Å². The van der Waals surface area contributed by atoms with Crippen LogP contribution in [0.3, 0.4) is 0 Å². The number of benzene rings is 3. The summed E-state index contributed by atoms with van der Waals surface area (Å²) >= 11 is 0. The number of carbonyl (C=O) groups is 3. The molecular weight excluding hydrogens is 683 g/mol. The highest BCUT2D eigenvalue weighted by molar-refractivity contribution is 5.96. The maximum Gasteiger partial charge on any atom is 0.433 e. The Morgan fingerprint density at radius 3 is 2.11 bits per heavy atom. The van der Waals surface area contributed by atoms with Gasteiger partial charge in [0.25, 0.3) is 0 Å². The van der Waals surface area contributed by atoms with Gasteiger partial charge in [-0.2, -0.15) is 13.2 Å². The predicted octanol–water partition coefficient (Wildman–Crippen LogP) is 6.38. The molecule has 1 aromatic heterocycles. The molecule has 276 valence electrons. The summed E-state index contributed by atoms with van der Waals surface area (Å²) in [6.45, 7) is 3.88. The standard InChI is InChI=1S/C41H42F3N5O4/c1-46(28-32-11-17-35(18-12-32)48-21-5-8-38(48)50)40(52)36(26-30-6-3-2-4-7-30)49(29-33-9-15-34(16-10-33)47-22-24-53-25-23-47)39(51)20-14-31-13-19-37(45-27-31)41(42,43)44/h2-4,6-7,9-20,27,36H,5,8,21-26,28-29H2,1H3/b20-14+/t36-/m0/s1. The second-order valence-corrected chi connectivity index (χ2v) is 13.3. The monoisotopic (exact) mass is 725 g/mol. The average molecular weight is 726 g/mol. The molecule has 9 nitrogen and oxygen atoms in total. The van der Waals surface area contributed by atoms with Crippen molar-refractivity contribution >= 4 is 35.2 Å². The van der Waals surface area contributed by atoms with E-state index in [1.54, 1.807) is 16.8 Å². The maximum atomic E-state index is 14.5. The average Bonchev–Trinajstić information content (AvgIpc) is 3.61. The van der Waals surface area contributed by atoms with E-state index in [9.17, 15) is 27.6 Å². The van der Waals surface area contributed by atoms with Crippen LogP contribution < -0.4 is 9.80 Å². The number of carbonyl (C=O) groups excluding carboxylic acids is 3. The SMILES string of the molecule is CN(Cc1ccc(N2CCCC2=O)cc1)C(=O)[C@H](Cc1ccccc1)N(Cc1ccc(N2CCOCC2)cc1)C(=O)/C=C/c1ccc(C(F)(F)F)nc1. The molecular formula is C41H42F3N5O4. The Morgan fingerprint density at radius 2 is 1.51 bits per heavy atom. The molecule has 0 spiro atoms. The summed E-state index contributed by atoms with van der Waals surface area (Å²) in [5.41, 5.74) is 3.65. The van der Waals surface area contributed by atoms with Gasteiger partial charge >= 0.3 is 6.18 Å². The van der Waals surface area contributed by atoms with Gasteiger partial charge in [0.1, 0.15) is 11.7 Å². The largest absolute Gasteiger partial charge is 0.433 e.